The summed E-state index contributed by atoms with van der Waals surface area (Å²) in [5, 5.41) is 22.7. The van der Waals surface area contributed by atoms with E-state index in [1.807, 2.05) is 32.0 Å². The Kier molecular flexibility index (Phi) is 4.65. The van der Waals surface area contributed by atoms with Crippen molar-refractivity contribution in [1.29, 1.82) is 0 Å². The van der Waals surface area contributed by atoms with E-state index in [2.05, 4.69) is 5.16 Å². The fourth-order valence-corrected chi connectivity index (χ4v) is 2.49. The fraction of sp³-hybridized carbons (Fsp3) is 0.562. The molecule has 20 heavy (non-hydrogen) atoms. The average molecular weight is 277 g/mol. The highest BCUT2D eigenvalue weighted by Crippen LogP contribution is 2.27. The van der Waals surface area contributed by atoms with E-state index < -0.39 is 5.60 Å². The van der Waals surface area contributed by atoms with E-state index in [0.29, 0.717) is 18.6 Å². The second-order valence-corrected chi connectivity index (χ2v) is 5.44. The largest absolute Gasteiger partial charge is 0.491 e. The molecule has 0 unspecified atom stereocenters. The number of fused-ring (bicyclic) bond motifs is 1. The van der Waals surface area contributed by atoms with Crippen molar-refractivity contribution in [3.8, 4) is 5.75 Å². The van der Waals surface area contributed by atoms with E-state index in [1.165, 1.54) is 5.56 Å². The standard InChI is InChI=1S/C16H23NO3/c1-3-16(18,4-2)11-20-13-9-8-12-6-5-7-15(17-19)14(12)10-13/h8-10,18-19H,3-7,11H2,1-2H3/b17-15-. The van der Waals surface area contributed by atoms with Crippen LogP contribution in [0.15, 0.2) is 23.4 Å². The van der Waals surface area contributed by atoms with Crippen molar-refractivity contribution in [3.63, 3.8) is 0 Å². The molecule has 0 saturated carbocycles. The van der Waals surface area contributed by atoms with Gasteiger partial charge in [-0.2, -0.15) is 0 Å². The number of ether oxygens (including phenoxy) is 1. The summed E-state index contributed by atoms with van der Waals surface area (Å²) in [6, 6.07) is 5.85. The van der Waals surface area contributed by atoms with Crippen molar-refractivity contribution in [2.75, 3.05) is 6.61 Å². The van der Waals surface area contributed by atoms with Crippen LogP contribution in [0.3, 0.4) is 0 Å². The summed E-state index contributed by atoms with van der Waals surface area (Å²) in [5.41, 5.74) is 2.10. The number of benzene rings is 1. The highest BCUT2D eigenvalue weighted by atomic mass is 16.5. The third kappa shape index (κ3) is 3.12. The molecular formula is C16H23NO3. The van der Waals surface area contributed by atoms with Crippen LogP contribution in [-0.4, -0.2) is 28.2 Å². The molecule has 0 bridgehead atoms. The summed E-state index contributed by atoms with van der Waals surface area (Å²) in [7, 11) is 0. The minimum absolute atomic E-state index is 0.282. The highest BCUT2D eigenvalue weighted by Gasteiger charge is 2.23. The van der Waals surface area contributed by atoms with E-state index in [1.54, 1.807) is 0 Å². The number of nitrogens with zero attached hydrogens (tertiary/aromatic N) is 1. The molecular weight excluding hydrogens is 254 g/mol. The van der Waals surface area contributed by atoms with Crippen LogP contribution in [0.4, 0.5) is 0 Å². The van der Waals surface area contributed by atoms with Gasteiger partial charge in [0.2, 0.25) is 0 Å². The first-order chi connectivity index (χ1) is 9.61. The molecule has 0 amide bonds. The van der Waals surface area contributed by atoms with Gasteiger partial charge in [0.25, 0.3) is 0 Å². The van der Waals surface area contributed by atoms with Crippen LogP contribution in [0, 0.1) is 0 Å². The highest BCUT2D eigenvalue weighted by molar-refractivity contribution is 6.02. The van der Waals surface area contributed by atoms with Crippen molar-refractivity contribution in [2.24, 2.45) is 5.16 Å². The number of hydrogen-bond acceptors (Lipinski definition) is 4. The summed E-state index contributed by atoms with van der Waals surface area (Å²) >= 11 is 0. The maximum atomic E-state index is 10.2. The Morgan fingerprint density at radius 2 is 2.00 bits per heavy atom. The molecule has 2 N–H and O–H groups in total. The second kappa shape index (κ2) is 6.27. The Labute approximate surface area is 120 Å². The summed E-state index contributed by atoms with van der Waals surface area (Å²) < 4.78 is 5.73. The van der Waals surface area contributed by atoms with Gasteiger partial charge in [-0.1, -0.05) is 25.1 Å². The van der Waals surface area contributed by atoms with Crippen molar-refractivity contribution < 1.29 is 15.1 Å². The summed E-state index contributed by atoms with van der Waals surface area (Å²) in [4.78, 5) is 0. The van der Waals surface area contributed by atoms with E-state index in [4.69, 9.17) is 9.94 Å². The molecule has 4 heteroatoms. The molecule has 1 aliphatic carbocycles. The maximum absolute atomic E-state index is 10.2. The van der Waals surface area contributed by atoms with Crippen LogP contribution < -0.4 is 4.74 Å². The Hall–Kier alpha value is -1.55. The minimum atomic E-state index is -0.774. The zero-order valence-electron chi connectivity index (χ0n) is 12.2. The third-order valence-corrected chi connectivity index (χ3v) is 4.20. The molecule has 4 nitrogen and oxygen atoms in total. The summed E-state index contributed by atoms with van der Waals surface area (Å²) in [5.74, 6) is 0.715. The van der Waals surface area contributed by atoms with Crippen LogP contribution in [-0.2, 0) is 6.42 Å². The normalized spacial score (nSPS) is 17.1. The molecule has 2 rings (SSSR count). The second-order valence-electron chi connectivity index (χ2n) is 5.44. The number of hydrogen-bond donors (Lipinski definition) is 2. The Bertz CT molecular complexity index is 492. The molecule has 1 aromatic rings. The molecule has 1 aliphatic rings. The van der Waals surface area contributed by atoms with Crippen molar-refractivity contribution in [1.82, 2.24) is 0 Å². The Morgan fingerprint density at radius 1 is 1.25 bits per heavy atom. The number of rotatable bonds is 5. The van der Waals surface area contributed by atoms with Gasteiger partial charge >= 0.3 is 0 Å². The van der Waals surface area contributed by atoms with Gasteiger partial charge in [-0.05, 0) is 49.8 Å². The quantitative estimate of drug-likeness (QED) is 0.642. The molecule has 0 aromatic heterocycles. The van der Waals surface area contributed by atoms with Gasteiger partial charge in [0.05, 0.1) is 11.3 Å². The average Bonchev–Trinajstić information content (AvgIpc) is 2.51. The van der Waals surface area contributed by atoms with Gasteiger partial charge in [-0.15, -0.1) is 0 Å². The zero-order chi connectivity index (χ0) is 14.6. The molecule has 110 valence electrons. The van der Waals surface area contributed by atoms with Gasteiger partial charge < -0.3 is 15.1 Å². The van der Waals surface area contributed by atoms with Crippen LogP contribution in [0.2, 0.25) is 0 Å². The molecule has 0 spiro atoms. The molecule has 0 radical (unpaired) electrons. The van der Waals surface area contributed by atoms with E-state index in [0.717, 1.165) is 30.5 Å². The van der Waals surface area contributed by atoms with Crippen LogP contribution in [0.25, 0.3) is 0 Å². The molecule has 0 atom stereocenters. The van der Waals surface area contributed by atoms with Crippen LogP contribution >= 0.6 is 0 Å². The van der Waals surface area contributed by atoms with Crippen molar-refractivity contribution in [3.05, 3.63) is 29.3 Å². The Morgan fingerprint density at radius 3 is 2.65 bits per heavy atom. The lowest BCUT2D eigenvalue weighted by Crippen LogP contribution is -2.34. The number of aryl methyl sites for hydroxylation is 1. The molecule has 0 aliphatic heterocycles. The van der Waals surface area contributed by atoms with Crippen LogP contribution in [0.5, 0.6) is 5.75 Å². The lowest BCUT2D eigenvalue weighted by molar-refractivity contribution is -0.0113. The monoisotopic (exact) mass is 277 g/mol. The third-order valence-electron chi connectivity index (χ3n) is 4.20. The minimum Gasteiger partial charge on any atom is -0.491 e. The molecule has 0 fully saturated rings. The first-order valence-electron chi connectivity index (χ1n) is 7.31. The lowest BCUT2D eigenvalue weighted by Gasteiger charge is -2.25. The lowest BCUT2D eigenvalue weighted by atomic mass is 9.90. The van der Waals surface area contributed by atoms with Crippen molar-refractivity contribution >= 4 is 5.71 Å². The smallest absolute Gasteiger partial charge is 0.120 e. The molecule has 0 saturated heterocycles. The van der Waals surface area contributed by atoms with Gasteiger partial charge in [0, 0.05) is 5.56 Å². The van der Waals surface area contributed by atoms with E-state index in [-0.39, 0.29) is 6.61 Å². The predicted molar refractivity (Wildman–Crippen MR) is 78.7 cm³/mol. The topological polar surface area (TPSA) is 62.0 Å². The van der Waals surface area contributed by atoms with Crippen molar-refractivity contribution in [2.45, 2.75) is 51.6 Å². The first-order valence-corrected chi connectivity index (χ1v) is 7.31. The SMILES string of the molecule is CCC(O)(CC)COc1ccc2c(c1)/C(=N\O)CCC2. The summed E-state index contributed by atoms with van der Waals surface area (Å²) in [6.07, 6.45) is 4.14. The van der Waals surface area contributed by atoms with Gasteiger partial charge in [0.15, 0.2) is 0 Å². The fourth-order valence-electron chi connectivity index (χ4n) is 2.49. The number of aliphatic hydroxyl groups is 1. The van der Waals surface area contributed by atoms with Gasteiger partial charge in [-0.25, -0.2) is 0 Å². The Balaban J connectivity index is 2.15. The first kappa shape index (κ1) is 14.9. The van der Waals surface area contributed by atoms with E-state index >= 15 is 0 Å². The maximum Gasteiger partial charge on any atom is 0.120 e. The van der Waals surface area contributed by atoms with Gasteiger partial charge in [0.1, 0.15) is 12.4 Å². The van der Waals surface area contributed by atoms with Crippen LogP contribution in [0.1, 0.15) is 50.7 Å². The molecule has 1 aromatic carbocycles. The predicted octanol–water partition coefficient (Wildman–Crippen LogP) is 3.13. The molecule has 0 heterocycles. The van der Waals surface area contributed by atoms with E-state index in [9.17, 15) is 5.11 Å². The number of oxime groups is 1. The summed E-state index contributed by atoms with van der Waals surface area (Å²) in [6.45, 7) is 4.19. The van der Waals surface area contributed by atoms with Gasteiger partial charge in [-0.3, -0.25) is 0 Å². The zero-order valence-corrected chi connectivity index (χ0v) is 12.2.